The smallest absolute Gasteiger partial charge is 0.259 e. The van der Waals surface area contributed by atoms with E-state index in [1.54, 1.807) is 26.1 Å². The quantitative estimate of drug-likeness (QED) is 0.140. The minimum atomic E-state index is -3.57. The molecular formula is C36H45N2O4PSi. The summed E-state index contributed by atoms with van der Waals surface area (Å²) in [6.07, 6.45) is 0. The summed E-state index contributed by atoms with van der Waals surface area (Å²) >= 11 is 0. The minimum Gasteiger partial charge on any atom is -0.497 e. The molecule has 0 saturated carbocycles. The van der Waals surface area contributed by atoms with Crippen LogP contribution in [0.1, 0.15) is 37.9 Å². The monoisotopic (exact) mass is 628 g/mol. The molecule has 1 N–H and O–H groups in total. The van der Waals surface area contributed by atoms with Crippen LogP contribution in [-0.2, 0) is 19.4 Å². The summed E-state index contributed by atoms with van der Waals surface area (Å²) in [7, 11) is -1.15. The lowest BCUT2D eigenvalue weighted by molar-refractivity contribution is -0.151. The number of carbonyl (C=O) groups excluding carboxylic acids is 1. The molecule has 1 amide bonds. The van der Waals surface area contributed by atoms with Crippen molar-refractivity contribution in [2.75, 3.05) is 21.2 Å². The van der Waals surface area contributed by atoms with E-state index >= 15 is 4.57 Å². The van der Waals surface area contributed by atoms with E-state index in [2.05, 4.69) is 39.0 Å². The molecule has 8 heteroatoms. The van der Waals surface area contributed by atoms with Gasteiger partial charge in [0.05, 0.1) is 13.2 Å². The first kappa shape index (κ1) is 33.4. The Morgan fingerprint density at radius 2 is 1.23 bits per heavy atom. The Morgan fingerprint density at radius 1 is 0.773 bits per heavy atom. The molecule has 232 valence electrons. The molecule has 0 aliphatic heterocycles. The first-order valence-corrected chi connectivity index (χ1v) is 19.5. The molecule has 44 heavy (non-hydrogen) atoms. The van der Waals surface area contributed by atoms with Gasteiger partial charge in [0.1, 0.15) is 5.75 Å². The van der Waals surface area contributed by atoms with E-state index in [-0.39, 0.29) is 10.9 Å². The molecule has 6 nitrogen and oxygen atoms in total. The molecule has 4 rings (SSSR count). The van der Waals surface area contributed by atoms with Crippen LogP contribution in [0, 0.1) is 0 Å². The zero-order chi connectivity index (χ0) is 32.2. The lowest BCUT2D eigenvalue weighted by atomic mass is 9.81. The van der Waals surface area contributed by atoms with Crippen molar-refractivity contribution >= 4 is 32.1 Å². The van der Waals surface area contributed by atoms with Crippen molar-refractivity contribution in [1.29, 1.82) is 0 Å². The summed E-state index contributed by atoms with van der Waals surface area (Å²) in [5.41, 5.74) is -0.151. The summed E-state index contributed by atoms with van der Waals surface area (Å²) in [6.45, 7) is 10.8. The molecule has 0 saturated heterocycles. The van der Waals surface area contributed by atoms with E-state index in [9.17, 15) is 4.79 Å². The topological polar surface area (TPSA) is 67.9 Å². The average molecular weight is 629 g/mol. The molecule has 0 aliphatic carbocycles. The maximum absolute atomic E-state index is 15.7. The molecule has 0 bridgehead atoms. The molecule has 0 spiro atoms. The molecule has 4 aromatic rings. The fourth-order valence-electron chi connectivity index (χ4n) is 5.10. The van der Waals surface area contributed by atoms with Crippen LogP contribution in [-0.4, -0.2) is 40.3 Å². The van der Waals surface area contributed by atoms with Gasteiger partial charge < -0.3 is 14.1 Å². The van der Waals surface area contributed by atoms with Crippen LogP contribution in [0.3, 0.4) is 0 Å². The number of likely N-dealkylation sites (N-methyl/N-ethyl adjacent to an activating group) is 1. The maximum atomic E-state index is 15.7. The van der Waals surface area contributed by atoms with E-state index in [0.29, 0.717) is 21.9 Å². The lowest BCUT2D eigenvalue weighted by Gasteiger charge is -2.50. The van der Waals surface area contributed by atoms with Gasteiger partial charge >= 0.3 is 0 Å². The normalized spacial score (nSPS) is 14.4. The molecule has 0 aromatic heterocycles. The second-order valence-corrected chi connectivity index (χ2v) is 20.0. The second-order valence-electron chi connectivity index (χ2n) is 12.8. The van der Waals surface area contributed by atoms with Crippen LogP contribution in [0.5, 0.6) is 5.75 Å². The fourth-order valence-corrected chi connectivity index (χ4v) is 9.01. The van der Waals surface area contributed by atoms with Crippen molar-refractivity contribution in [2.45, 2.75) is 50.5 Å². The van der Waals surface area contributed by atoms with Crippen molar-refractivity contribution in [2.24, 2.45) is 0 Å². The Hall–Kier alpha value is -3.48. The Bertz CT molecular complexity index is 1530. The van der Waals surface area contributed by atoms with E-state index in [1.165, 1.54) is 0 Å². The zero-order valence-corrected chi connectivity index (χ0v) is 29.0. The Labute approximate surface area is 264 Å². The summed E-state index contributed by atoms with van der Waals surface area (Å²) in [5.74, 6) is 0.436. The van der Waals surface area contributed by atoms with Gasteiger partial charge in [0.15, 0.2) is 13.9 Å². The van der Waals surface area contributed by atoms with Gasteiger partial charge in [-0.1, -0.05) is 99.6 Å². The molecular weight excluding hydrogens is 583 g/mol. The number of nitrogens with zero attached hydrogens (tertiary/aromatic N) is 1. The molecule has 2 atom stereocenters. The highest BCUT2D eigenvalue weighted by Gasteiger charge is 2.57. The van der Waals surface area contributed by atoms with E-state index in [4.69, 9.17) is 9.16 Å². The average Bonchev–Trinajstić information content (AvgIpc) is 3.03. The number of hydrogen-bond donors (Lipinski definition) is 1. The zero-order valence-electron chi connectivity index (χ0n) is 27.1. The molecule has 2 unspecified atom stereocenters. The summed E-state index contributed by atoms with van der Waals surface area (Å²) in [4.78, 5) is 16.5. The summed E-state index contributed by atoms with van der Waals surface area (Å²) in [5, 5.41) is 4.67. The summed E-state index contributed by atoms with van der Waals surface area (Å²) in [6, 6.07) is 35.2. The SMILES string of the molecule is COc1ccc(C(NP(=O)(c2ccccc2)c2ccccc2)C(O[Si](C)(C)C(C)(C)C)(C(=O)N(C)C)c2ccccc2)cc1. The highest BCUT2D eigenvalue weighted by Crippen LogP contribution is 2.52. The largest absolute Gasteiger partial charge is 0.497 e. The minimum absolute atomic E-state index is 0.230. The lowest BCUT2D eigenvalue weighted by Crippen LogP contribution is -2.60. The van der Waals surface area contributed by atoms with Gasteiger partial charge in [-0.3, -0.25) is 9.36 Å². The molecule has 0 fully saturated rings. The van der Waals surface area contributed by atoms with Crippen LogP contribution in [0.15, 0.2) is 115 Å². The Balaban J connectivity index is 2.13. The number of nitrogens with one attached hydrogen (secondary N) is 1. The highest BCUT2D eigenvalue weighted by atomic mass is 31.2. The standard InChI is InChI=1S/C36H45N2O4PSi/c1-35(2,3)44(7,8)42-36(34(39)38(4)5,29-18-12-9-13-19-29)33(28-24-26-30(41-6)27-25-28)37-43(40,31-20-14-10-15-21-31)32-22-16-11-17-23-32/h9-27,33H,1-8H3,(H,37,40). The highest BCUT2D eigenvalue weighted by molar-refractivity contribution is 7.76. The molecule has 4 aromatic carbocycles. The molecule has 0 heterocycles. The number of hydrogen-bond acceptors (Lipinski definition) is 4. The predicted octanol–water partition coefficient (Wildman–Crippen LogP) is 7.26. The maximum Gasteiger partial charge on any atom is 0.259 e. The van der Waals surface area contributed by atoms with Gasteiger partial charge in [0, 0.05) is 24.7 Å². The fraction of sp³-hybridized carbons (Fsp3) is 0.306. The van der Waals surface area contributed by atoms with Gasteiger partial charge in [-0.05, 0) is 65.7 Å². The number of methoxy groups -OCH3 is 1. The number of rotatable bonds is 11. The Morgan fingerprint density at radius 3 is 1.64 bits per heavy atom. The van der Waals surface area contributed by atoms with Crippen LogP contribution in [0.4, 0.5) is 0 Å². The molecule has 0 aliphatic rings. The first-order valence-electron chi connectivity index (χ1n) is 14.9. The number of benzene rings is 4. The third-order valence-corrected chi connectivity index (χ3v) is 15.7. The second kappa shape index (κ2) is 13.3. The van der Waals surface area contributed by atoms with Crippen LogP contribution in [0.25, 0.3) is 0 Å². The van der Waals surface area contributed by atoms with E-state index < -0.39 is 27.3 Å². The number of amides is 1. The van der Waals surface area contributed by atoms with Crippen LogP contribution < -0.4 is 20.4 Å². The van der Waals surface area contributed by atoms with Crippen molar-refractivity contribution in [3.8, 4) is 5.75 Å². The third kappa shape index (κ3) is 6.62. The first-order chi connectivity index (χ1) is 20.8. The van der Waals surface area contributed by atoms with Crippen LogP contribution >= 0.6 is 7.29 Å². The van der Waals surface area contributed by atoms with Gasteiger partial charge in [0.25, 0.3) is 5.91 Å². The van der Waals surface area contributed by atoms with E-state index in [1.807, 2.05) is 115 Å². The number of carbonyl (C=O) groups is 1. The van der Waals surface area contributed by atoms with Gasteiger partial charge in [-0.15, -0.1) is 0 Å². The number of ether oxygens (including phenoxy) is 1. The third-order valence-electron chi connectivity index (χ3n) is 8.56. The van der Waals surface area contributed by atoms with Crippen molar-refractivity contribution in [1.82, 2.24) is 9.99 Å². The van der Waals surface area contributed by atoms with Crippen molar-refractivity contribution < 1.29 is 18.5 Å². The van der Waals surface area contributed by atoms with E-state index in [0.717, 1.165) is 5.56 Å². The summed E-state index contributed by atoms with van der Waals surface area (Å²) < 4.78 is 28.6. The van der Waals surface area contributed by atoms with Gasteiger partial charge in [-0.25, -0.2) is 5.09 Å². The molecule has 0 radical (unpaired) electrons. The van der Waals surface area contributed by atoms with Crippen molar-refractivity contribution in [3.63, 3.8) is 0 Å². The predicted molar refractivity (Wildman–Crippen MR) is 184 cm³/mol. The van der Waals surface area contributed by atoms with Gasteiger partial charge in [-0.2, -0.15) is 0 Å². The van der Waals surface area contributed by atoms with Crippen LogP contribution in [0.2, 0.25) is 18.1 Å². The van der Waals surface area contributed by atoms with Gasteiger partial charge in [0.2, 0.25) is 7.29 Å². The Kier molecular flexibility index (Phi) is 10.1. The van der Waals surface area contributed by atoms with Crippen molar-refractivity contribution in [3.05, 3.63) is 126 Å².